The van der Waals surface area contributed by atoms with Crippen LogP contribution in [0.2, 0.25) is 0 Å². The Morgan fingerprint density at radius 3 is 2.74 bits per heavy atom. The molecular weight excluding hydrogens is 242 g/mol. The molecule has 0 saturated carbocycles. The van der Waals surface area contributed by atoms with Gasteiger partial charge in [0.1, 0.15) is 11.6 Å². The third kappa shape index (κ3) is 2.76. The topological polar surface area (TPSA) is 67.2 Å². The standard InChI is InChI=1S/C14H17N3O2/c1-9(2)17-13(6-7-15-17)16-14(19)11-5-4-10(3)8-12(11)18/h4-9,18H,1-3H3,(H,16,19). The molecule has 0 unspecified atom stereocenters. The minimum Gasteiger partial charge on any atom is -0.507 e. The highest BCUT2D eigenvalue weighted by Crippen LogP contribution is 2.20. The second-order valence-electron chi connectivity index (χ2n) is 4.73. The number of nitrogens with zero attached hydrogens (tertiary/aromatic N) is 2. The quantitative estimate of drug-likeness (QED) is 0.890. The zero-order valence-electron chi connectivity index (χ0n) is 11.2. The molecular formula is C14H17N3O2. The number of nitrogens with one attached hydrogen (secondary N) is 1. The van der Waals surface area contributed by atoms with E-state index in [1.54, 1.807) is 35.1 Å². The van der Waals surface area contributed by atoms with Crippen molar-refractivity contribution >= 4 is 11.7 Å². The van der Waals surface area contributed by atoms with Crippen LogP contribution in [0.4, 0.5) is 5.82 Å². The lowest BCUT2D eigenvalue weighted by Crippen LogP contribution is -2.16. The Labute approximate surface area is 111 Å². The highest BCUT2D eigenvalue weighted by atomic mass is 16.3. The van der Waals surface area contributed by atoms with E-state index in [2.05, 4.69) is 10.4 Å². The lowest BCUT2D eigenvalue weighted by Gasteiger charge is -2.12. The van der Waals surface area contributed by atoms with Crippen LogP contribution >= 0.6 is 0 Å². The van der Waals surface area contributed by atoms with Gasteiger partial charge in [0, 0.05) is 12.1 Å². The van der Waals surface area contributed by atoms with E-state index in [0.717, 1.165) is 5.56 Å². The molecule has 1 aromatic heterocycles. The van der Waals surface area contributed by atoms with E-state index in [0.29, 0.717) is 5.82 Å². The maximum atomic E-state index is 12.1. The first-order chi connectivity index (χ1) is 8.99. The number of hydrogen-bond donors (Lipinski definition) is 2. The molecule has 0 aliphatic heterocycles. The largest absolute Gasteiger partial charge is 0.507 e. The fourth-order valence-corrected chi connectivity index (χ4v) is 1.84. The van der Waals surface area contributed by atoms with Gasteiger partial charge in [-0.05, 0) is 38.5 Å². The Morgan fingerprint density at radius 1 is 1.37 bits per heavy atom. The first kappa shape index (κ1) is 13.1. The van der Waals surface area contributed by atoms with Crippen molar-refractivity contribution < 1.29 is 9.90 Å². The molecule has 2 N–H and O–H groups in total. The number of phenolic OH excluding ortho intramolecular Hbond substituents is 1. The van der Waals surface area contributed by atoms with Gasteiger partial charge >= 0.3 is 0 Å². The predicted octanol–water partition coefficient (Wildman–Crippen LogP) is 2.73. The zero-order valence-corrected chi connectivity index (χ0v) is 11.2. The summed E-state index contributed by atoms with van der Waals surface area (Å²) in [6, 6.07) is 6.83. The molecule has 0 saturated heterocycles. The summed E-state index contributed by atoms with van der Waals surface area (Å²) in [6.45, 7) is 5.81. The van der Waals surface area contributed by atoms with Gasteiger partial charge in [0.05, 0.1) is 11.8 Å². The van der Waals surface area contributed by atoms with Crippen LogP contribution in [0.25, 0.3) is 0 Å². The van der Waals surface area contributed by atoms with Gasteiger partial charge in [-0.25, -0.2) is 4.68 Å². The third-order valence-corrected chi connectivity index (χ3v) is 2.80. The van der Waals surface area contributed by atoms with Crippen LogP contribution in [0, 0.1) is 6.92 Å². The normalized spacial score (nSPS) is 10.7. The molecule has 0 aliphatic rings. The molecule has 2 rings (SSSR count). The van der Waals surface area contributed by atoms with Crippen molar-refractivity contribution in [1.29, 1.82) is 0 Å². The molecule has 5 nitrogen and oxygen atoms in total. The SMILES string of the molecule is Cc1ccc(C(=O)Nc2ccnn2C(C)C)c(O)c1. The van der Waals surface area contributed by atoms with Crippen molar-refractivity contribution in [2.24, 2.45) is 0 Å². The number of aromatic nitrogens is 2. The van der Waals surface area contributed by atoms with E-state index >= 15 is 0 Å². The lowest BCUT2D eigenvalue weighted by molar-refractivity contribution is 0.102. The lowest BCUT2D eigenvalue weighted by atomic mass is 10.1. The number of carbonyl (C=O) groups is 1. The van der Waals surface area contributed by atoms with Crippen molar-refractivity contribution in [3.05, 3.63) is 41.6 Å². The van der Waals surface area contributed by atoms with E-state index in [1.807, 2.05) is 20.8 Å². The Bertz CT molecular complexity index is 602. The number of carbonyl (C=O) groups excluding carboxylic acids is 1. The smallest absolute Gasteiger partial charge is 0.260 e. The molecule has 2 aromatic rings. The zero-order chi connectivity index (χ0) is 14.0. The van der Waals surface area contributed by atoms with Crippen LogP contribution in [0.3, 0.4) is 0 Å². The van der Waals surface area contributed by atoms with Crippen LogP contribution in [0.15, 0.2) is 30.5 Å². The molecule has 1 amide bonds. The van der Waals surface area contributed by atoms with Crippen LogP contribution in [0.5, 0.6) is 5.75 Å². The molecule has 19 heavy (non-hydrogen) atoms. The number of aromatic hydroxyl groups is 1. The highest BCUT2D eigenvalue weighted by Gasteiger charge is 2.14. The second-order valence-corrected chi connectivity index (χ2v) is 4.73. The van der Waals surface area contributed by atoms with Gasteiger partial charge in [0.25, 0.3) is 5.91 Å². The van der Waals surface area contributed by atoms with Crippen molar-refractivity contribution in [3.63, 3.8) is 0 Å². The summed E-state index contributed by atoms with van der Waals surface area (Å²) >= 11 is 0. The summed E-state index contributed by atoms with van der Waals surface area (Å²) < 4.78 is 1.71. The number of hydrogen-bond acceptors (Lipinski definition) is 3. The summed E-state index contributed by atoms with van der Waals surface area (Å²) in [5.41, 5.74) is 1.16. The minimum atomic E-state index is -0.347. The van der Waals surface area contributed by atoms with E-state index in [1.165, 1.54) is 0 Å². The molecule has 0 aliphatic carbocycles. The van der Waals surface area contributed by atoms with Gasteiger partial charge in [0.15, 0.2) is 0 Å². The first-order valence-corrected chi connectivity index (χ1v) is 6.13. The molecule has 0 fully saturated rings. The Kier molecular flexibility index (Phi) is 3.55. The number of benzene rings is 1. The summed E-state index contributed by atoms with van der Waals surface area (Å²) in [5, 5.41) is 16.7. The maximum Gasteiger partial charge on any atom is 0.260 e. The molecule has 0 bridgehead atoms. The van der Waals surface area contributed by atoms with Crippen molar-refractivity contribution in [2.45, 2.75) is 26.8 Å². The van der Waals surface area contributed by atoms with Crippen LogP contribution in [-0.2, 0) is 0 Å². The fraction of sp³-hybridized carbons (Fsp3) is 0.286. The highest BCUT2D eigenvalue weighted by molar-refractivity contribution is 6.05. The first-order valence-electron chi connectivity index (χ1n) is 6.13. The monoisotopic (exact) mass is 259 g/mol. The van der Waals surface area contributed by atoms with Crippen LogP contribution in [0.1, 0.15) is 35.8 Å². The van der Waals surface area contributed by atoms with Gasteiger partial charge in [-0.15, -0.1) is 0 Å². The second kappa shape index (κ2) is 5.14. The fourth-order valence-electron chi connectivity index (χ4n) is 1.84. The third-order valence-electron chi connectivity index (χ3n) is 2.80. The molecule has 1 heterocycles. The Balaban J connectivity index is 2.23. The summed E-state index contributed by atoms with van der Waals surface area (Å²) in [7, 11) is 0. The molecule has 1 aromatic carbocycles. The van der Waals surface area contributed by atoms with Gasteiger partial charge in [-0.2, -0.15) is 5.10 Å². The van der Waals surface area contributed by atoms with Crippen molar-refractivity contribution in [3.8, 4) is 5.75 Å². The Morgan fingerprint density at radius 2 is 2.11 bits per heavy atom. The maximum absolute atomic E-state index is 12.1. The minimum absolute atomic E-state index is 0.0203. The van der Waals surface area contributed by atoms with E-state index in [-0.39, 0.29) is 23.3 Å². The van der Waals surface area contributed by atoms with Gasteiger partial charge in [-0.1, -0.05) is 6.07 Å². The number of anilines is 1. The number of amides is 1. The number of rotatable bonds is 3. The van der Waals surface area contributed by atoms with Crippen LogP contribution in [-0.4, -0.2) is 20.8 Å². The summed E-state index contributed by atoms with van der Waals surface area (Å²) in [4.78, 5) is 12.1. The Hall–Kier alpha value is -2.30. The van der Waals surface area contributed by atoms with E-state index in [4.69, 9.17) is 0 Å². The van der Waals surface area contributed by atoms with Gasteiger partial charge in [-0.3, -0.25) is 4.79 Å². The number of aryl methyl sites for hydroxylation is 1. The summed E-state index contributed by atoms with van der Waals surface area (Å²) in [5.74, 6) is 0.244. The molecule has 0 spiro atoms. The molecule has 5 heteroatoms. The average molecular weight is 259 g/mol. The predicted molar refractivity (Wildman–Crippen MR) is 73.4 cm³/mol. The van der Waals surface area contributed by atoms with E-state index < -0.39 is 0 Å². The van der Waals surface area contributed by atoms with Crippen molar-refractivity contribution in [2.75, 3.05) is 5.32 Å². The molecule has 0 radical (unpaired) electrons. The van der Waals surface area contributed by atoms with Gasteiger partial charge < -0.3 is 10.4 Å². The van der Waals surface area contributed by atoms with Gasteiger partial charge in [0.2, 0.25) is 0 Å². The average Bonchev–Trinajstić information content (AvgIpc) is 2.76. The van der Waals surface area contributed by atoms with Crippen LogP contribution < -0.4 is 5.32 Å². The number of phenols is 1. The van der Waals surface area contributed by atoms with Crippen molar-refractivity contribution in [1.82, 2.24) is 9.78 Å². The van der Waals surface area contributed by atoms with E-state index in [9.17, 15) is 9.90 Å². The molecule has 100 valence electrons. The summed E-state index contributed by atoms with van der Waals surface area (Å²) in [6.07, 6.45) is 1.63. The molecule has 0 atom stereocenters.